The largest absolute Gasteiger partial charge is 0.457 e. The summed E-state index contributed by atoms with van der Waals surface area (Å²) in [4.78, 5) is 39.7. The van der Waals surface area contributed by atoms with Crippen LogP contribution in [-0.2, 0) is 14.3 Å². The SMILES string of the molecule is O=C(C=CC(=O)Nc1cc2c(Nc3ccc(Oc4ccccc4)cc3)ncnc2cn1)NCCCN1CCOCC1. The van der Waals surface area contributed by atoms with Crippen LogP contribution in [0.2, 0.25) is 0 Å². The molecule has 3 heterocycles. The average molecular weight is 554 g/mol. The predicted octanol–water partition coefficient (Wildman–Crippen LogP) is 3.89. The molecule has 1 aliphatic heterocycles. The number of hydrogen-bond donors (Lipinski definition) is 3. The van der Waals surface area contributed by atoms with E-state index in [1.54, 1.807) is 12.3 Å². The standard InChI is InChI=1S/C30H31N7O4/c38-28(31-13-4-14-37-15-17-40-18-16-37)11-12-29(39)36-27-19-25-26(20-32-27)33-21-34-30(25)35-22-7-9-24(10-8-22)41-23-5-2-1-3-6-23/h1-3,5-12,19-21H,4,13-18H2,(H,31,38)(H,32,36,39)(H,33,34,35). The van der Waals surface area contributed by atoms with Crippen LogP contribution in [-0.4, -0.2) is 71.1 Å². The molecule has 2 aromatic carbocycles. The zero-order chi connectivity index (χ0) is 28.3. The number of carbonyl (C=O) groups excluding carboxylic acids is 2. The van der Waals surface area contributed by atoms with Crippen LogP contribution in [0.1, 0.15) is 6.42 Å². The monoisotopic (exact) mass is 553 g/mol. The van der Waals surface area contributed by atoms with Gasteiger partial charge < -0.3 is 25.4 Å². The number of morpholine rings is 1. The number of hydrogen-bond acceptors (Lipinski definition) is 9. The topological polar surface area (TPSA) is 131 Å². The van der Waals surface area contributed by atoms with E-state index in [-0.39, 0.29) is 5.91 Å². The minimum atomic E-state index is -0.472. The van der Waals surface area contributed by atoms with Gasteiger partial charge in [0.2, 0.25) is 11.8 Å². The number of rotatable bonds is 11. The van der Waals surface area contributed by atoms with Crippen molar-refractivity contribution in [1.29, 1.82) is 0 Å². The smallest absolute Gasteiger partial charge is 0.249 e. The summed E-state index contributed by atoms with van der Waals surface area (Å²) < 4.78 is 11.2. The van der Waals surface area contributed by atoms with Crippen molar-refractivity contribution >= 4 is 40.0 Å². The normalized spacial score (nSPS) is 13.7. The van der Waals surface area contributed by atoms with Gasteiger partial charge in [-0.25, -0.2) is 15.0 Å². The molecule has 11 heteroatoms. The number of amides is 2. The molecular weight excluding hydrogens is 522 g/mol. The summed E-state index contributed by atoms with van der Waals surface area (Å²) in [5.74, 6) is 1.53. The van der Waals surface area contributed by atoms with Crippen molar-refractivity contribution in [3.63, 3.8) is 0 Å². The zero-order valence-corrected chi connectivity index (χ0v) is 22.5. The Kier molecular flexibility index (Phi) is 9.43. The van der Waals surface area contributed by atoms with Crippen molar-refractivity contribution in [3.05, 3.63) is 85.3 Å². The first-order valence-corrected chi connectivity index (χ1v) is 13.4. The van der Waals surface area contributed by atoms with E-state index in [0.717, 1.165) is 50.7 Å². The number of ether oxygens (including phenoxy) is 2. The van der Waals surface area contributed by atoms with Crippen LogP contribution in [0.3, 0.4) is 0 Å². The molecule has 0 radical (unpaired) electrons. The lowest BCUT2D eigenvalue weighted by atomic mass is 10.2. The van der Waals surface area contributed by atoms with Crippen molar-refractivity contribution < 1.29 is 19.1 Å². The Morgan fingerprint density at radius 1 is 0.927 bits per heavy atom. The molecule has 1 saturated heterocycles. The minimum Gasteiger partial charge on any atom is -0.457 e. The molecule has 0 spiro atoms. The lowest BCUT2D eigenvalue weighted by Crippen LogP contribution is -2.38. The first-order valence-electron chi connectivity index (χ1n) is 13.4. The molecule has 5 rings (SSSR count). The lowest BCUT2D eigenvalue weighted by molar-refractivity contribution is -0.117. The van der Waals surface area contributed by atoms with Crippen molar-refractivity contribution in [2.24, 2.45) is 0 Å². The molecule has 2 amide bonds. The highest BCUT2D eigenvalue weighted by Gasteiger charge is 2.10. The third kappa shape index (κ3) is 8.31. The number of benzene rings is 2. The second-order valence-electron chi connectivity index (χ2n) is 9.29. The summed E-state index contributed by atoms with van der Waals surface area (Å²) in [6, 6.07) is 18.7. The van der Waals surface area contributed by atoms with Crippen LogP contribution in [0.4, 0.5) is 17.3 Å². The summed E-state index contributed by atoms with van der Waals surface area (Å²) >= 11 is 0. The molecule has 2 aromatic heterocycles. The molecule has 3 N–H and O–H groups in total. The fourth-order valence-electron chi connectivity index (χ4n) is 4.21. The van der Waals surface area contributed by atoms with Crippen LogP contribution < -0.4 is 20.7 Å². The van der Waals surface area contributed by atoms with Crippen LogP contribution >= 0.6 is 0 Å². The van der Waals surface area contributed by atoms with Gasteiger partial charge in [0.15, 0.2) is 0 Å². The maximum absolute atomic E-state index is 12.4. The van der Waals surface area contributed by atoms with E-state index in [1.807, 2.05) is 54.6 Å². The van der Waals surface area contributed by atoms with E-state index in [2.05, 4.69) is 35.8 Å². The third-order valence-electron chi connectivity index (χ3n) is 6.31. The predicted molar refractivity (Wildman–Crippen MR) is 156 cm³/mol. The summed E-state index contributed by atoms with van der Waals surface area (Å²) in [6.07, 6.45) is 6.23. The van der Waals surface area contributed by atoms with Crippen molar-refractivity contribution in [2.45, 2.75) is 6.42 Å². The van der Waals surface area contributed by atoms with E-state index in [9.17, 15) is 9.59 Å². The second kappa shape index (κ2) is 14.0. The van der Waals surface area contributed by atoms with Gasteiger partial charge in [0.25, 0.3) is 0 Å². The van der Waals surface area contributed by atoms with Crippen LogP contribution in [0.25, 0.3) is 10.9 Å². The zero-order valence-electron chi connectivity index (χ0n) is 22.5. The van der Waals surface area contributed by atoms with E-state index in [0.29, 0.717) is 34.8 Å². The highest BCUT2D eigenvalue weighted by atomic mass is 16.5. The van der Waals surface area contributed by atoms with Crippen molar-refractivity contribution in [1.82, 2.24) is 25.2 Å². The molecule has 0 unspecified atom stereocenters. The van der Waals surface area contributed by atoms with E-state index < -0.39 is 5.91 Å². The van der Waals surface area contributed by atoms with Crippen LogP contribution in [0.5, 0.6) is 11.5 Å². The average Bonchev–Trinajstić information content (AvgIpc) is 3.00. The molecule has 1 aliphatic rings. The number of fused-ring (bicyclic) bond motifs is 1. The number of nitrogens with zero attached hydrogens (tertiary/aromatic N) is 4. The second-order valence-corrected chi connectivity index (χ2v) is 9.29. The van der Waals surface area contributed by atoms with E-state index in [4.69, 9.17) is 9.47 Å². The number of para-hydroxylation sites is 1. The van der Waals surface area contributed by atoms with Crippen molar-refractivity contribution in [3.8, 4) is 11.5 Å². The summed E-state index contributed by atoms with van der Waals surface area (Å²) in [6.45, 7) is 4.76. The summed E-state index contributed by atoms with van der Waals surface area (Å²) in [7, 11) is 0. The van der Waals surface area contributed by atoms with Gasteiger partial charge in [-0.15, -0.1) is 0 Å². The third-order valence-corrected chi connectivity index (χ3v) is 6.31. The maximum atomic E-state index is 12.4. The number of pyridine rings is 1. The Balaban J connectivity index is 1.14. The van der Waals surface area contributed by atoms with Gasteiger partial charge in [-0.05, 0) is 55.4 Å². The Morgan fingerprint density at radius 2 is 1.68 bits per heavy atom. The van der Waals surface area contributed by atoms with Gasteiger partial charge >= 0.3 is 0 Å². The molecule has 210 valence electrons. The lowest BCUT2D eigenvalue weighted by Gasteiger charge is -2.26. The highest BCUT2D eigenvalue weighted by Crippen LogP contribution is 2.27. The first kappa shape index (κ1) is 27.7. The number of carbonyl (C=O) groups is 2. The van der Waals surface area contributed by atoms with Gasteiger partial charge in [0.1, 0.15) is 29.5 Å². The summed E-state index contributed by atoms with van der Waals surface area (Å²) in [5.41, 5.74) is 1.41. The Morgan fingerprint density at radius 3 is 2.49 bits per heavy atom. The Bertz CT molecular complexity index is 1490. The molecular formula is C30H31N7O4. The van der Waals surface area contributed by atoms with Gasteiger partial charge in [-0.3, -0.25) is 14.5 Å². The molecule has 11 nitrogen and oxygen atoms in total. The van der Waals surface area contributed by atoms with E-state index >= 15 is 0 Å². The molecule has 0 saturated carbocycles. The molecule has 0 aliphatic carbocycles. The molecule has 0 bridgehead atoms. The maximum Gasteiger partial charge on any atom is 0.249 e. The fourth-order valence-corrected chi connectivity index (χ4v) is 4.21. The first-order chi connectivity index (χ1) is 20.1. The number of anilines is 3. The van der Waals surface area contributed by atoms with Crippen LogP contribution in [0, 0.1) is 0 Å². The van der Waals surface area contributed by atoms with E-state index in [1.165, 1.54) is 18.5 Å². The molecule has 0 atom stereocenters. The molecule has 1 fully saturated rings. The fraction of sp³-hybridized carbons (Fsp3) is 0.233. The minimum absolute atomic E-state index is 0.308. The molecule has 41 heavy (non-hydrogen) atoms. The van der Waals surface area contributed by atoms with Gasteiger partial charge in [-0.2, -0.15) is 0 Å². The Hall–Kier alpha value is -4.87. The quantitative estimate of drug-likeness (QED) is 0.187. The Labute approximate surface area is 237 Å². The van der Waals surface area contributed by atoms with Crippen molar-refractivity contribution in [2.75, 3.05) is 50.0 Å². The van der Waals surface area contributed by atoms with Gasteiger partial charge in [0.05, 0.1) is 24.9 Å². The van der Waals surface area contributed by atoms with Crippen LogP contribution in [0.15, 0.2) is 85.3 Å². The molecule has 4 aromatic rings. The number of nitrogens with one attached hydrogen (secondary N) is 3. The highest BCUT2D eigenvalue weighted by molar-refractivity contribution is 6.04. The number of aromatic nitrogens is 3. The summed E-state index contributed by atoms with van der Waals surface area (Å²) in [5, 5.41) is 9.44. The van der Waals surface area contributed by atoms with Gasteiger partial charge in [-0.1, -0.05) is 18.2 Å². The van der Waals surface area contributed by atoms with Gasteiger partial charge in [0, 0.05) is 42.9 Å².